The van der Waals surface area contributed by atoms with Gasteiger partial charge in [-0.15, -0.1) is 0 Å². The lowest BCUT2D eigenvalue weighted by Crippen LogP contribution is -2.24. The zero-order valence-electron chi connectivity index (χ0n) is 14.0. The van der Waals surface area contributed by atoms with E-state index in [1.807, 2.05) is 6.07 Å². The average molecular weight is 312 g/mol. The summed E-state index contributed by atoms with van der Waals surface area (Å²) in [5.74, 6) is 0.370. The average Bonchev–Trinajstić information content (AvgIpc) is 2.57. The highest BCUT2D eigenvalue weighted by Crippen LogP contribution is 2.23. The summed E-state index contributed by atoms with van der Waals surface area (Å²) in [7, 11) is 0. The quantitative estimate of drug-likeness (QED) is 0.766. The first kappa shape index (κ1) is 16.9. The number of unbranched alkanes of at least 4 members (excludes halogenated alkanes) is 1. The smallest absolute Gasteiger partial charge is 0.254 e. The maximum atomic E-state index is 11.9. The summed E-state index contributed by atoms with van der Waals surface area (Å²) in [6.07, 6.45) is 6.07. The van der Waals surface area contributed by atoms with Crippen molar-refractivity contribution in [3.63, 3.8) is 0 Å². The number of para-hydroxylation sites is 1. The van der Waals surface area contributed by atoms with Gasteiger partial charge in [0.1, 0.15) is 0 Å². The number of aryl methyl sites for hydroxylation is 2. The predicted molar refractivity (Wildman–Crippen MR) is 93.1 cm³/mol. The fourth-order valence-electron chi connectivity index (χ4n) is 2.30. The molecule has 1 aromatic carbocycles. The van der Waals surface area contributed by atoms with Gasteiger partial charge in [-0.25, -0.2) is 9.97 Å². The van der Waals surface area contributed by atoms with Crippen molar-refractivity contribution in [2.75, 3.05) is 11.9 Å². The second-order valence-corrected chi connectivity index (χ2v) is 5.49. The Morgan fingerprint density at radius 3 is 2.57 bits per heavy atom. The zero-order valence-corrected chi connectivity index (χ0v) is 14.0. The Morgan fingerprint density at radius 1 is 1.17 bits per heavy atom. The van der Waals surface area contributed by atoms with Crippen LogP contribution in [0.5, 0.6) is 0 Å². The number of carbonyl (C=O) groups excluding carboxylic acids is 1. The lowest BCUT2D eigenvalue weighted by atomic mass is 10.1. The van der Waals surface area contributed by atoms with Crippen LogP contribution in [0.15, 0.2) is 30.6 Å². The Morgan fingerprint density at radius 2 is 1.91 bits per heavy atom. The molecule has 0 aliphatic rings. The van der Waals surface area contributed by atoms with E-state index in [2.05, 4.69) is 53.5 Å². The summed E-state index contributed by atoms with van der Waals surface area (Å²) in [6, 6.07) is 6.19. The minimum Gasteiger partial charge on any atom is -0.352 e. The zero-order chi connectivity index (χ0) is 16.7. The number of hydrogen-bond donors (Lipinski definition) is 2. The SMILES string of the molecule is CCCCNC(=O)c1cnc(Nc2c(C)cccc2CC)nc1. The number of amides is 1. The summed E-state index contributed by atoms with van der Waals surface area (Å²) >= 11 is 0. The number of anilines is 2. The third-order valence-corrected chi connectivity index (χ3v) is 3.71. The van der Waals surface area contributed by atoms with E-state index in [9.17, 15) is 4.79 Å². The van der Waals surface area contributed by atoms with Gasteiger partial charge in [0, 0.05) is 24.6 Å². The third kappa shape index (κ3) is 4.52. The van der Waals surface area contributed by atoms with Gasteiger partial charge in [-0.2, -0.15) is 0 Å². The molecule has 0 bridgehead atoms. The largest absolute Gasteiger partial charge is 0.352 e. The van der Waals surface area contributed by atoms with E-state index >= 15 is 0 Å². The molecule has 2 aromatic rings. The molecule has 0 unspecified atom stereocenters. The van der Waals surface area contributed by atoms with Crippen LogP contribution in [0.4, 0.5) is 11.6 Å². The minimum absolute atomic E-state index is 0.130. The molecule has 1 aromatic heterocycles. The first-order valence-corrected chi connectivity index (χ1v) is 8.11. The fraction of sp³-hybridized carbons (Fsp3) is 0.389. The molecule has 0 fully saturated rings. The molecule has 0 radical (unpaired) electrons. The molecule has 0 aliphatic carbocycles. The van der Waals surface area contributed by atoms with E-state index in [0.29, 0.717) is 18.1 Å². The van der Waals surface area contributed by atoms with Crippen molar-refractivity contribution in [3.8, 4) is 0 Å². The first-order valence-electron chi connectivity index (χ1n) is 8.11. The lowest BCUT2D eigenvalue weighted by molar-refractivity contribution is 0.0952. The monoisotopic (exact) mass is 312 g/mol. The molecule has 0 saturated carbocycles. The number of rotatable bonds is 7. The highest BCUT2D eigenvalue weighted by Gasteiger charge is 2.09. The van der Waals surface area contributed by atoms with Crippen LogP contribution in [-0.4, -0.2) is 22.4 Å². The van der Waals surface area contributed by atoms with Crippen LogP contribution >= 0.6 is 0 Å². The van der Waals surface area contributed by atoms with Crippen molar-refractivity contribution in [3.05, 3.63) is 47.3 Å². The Bertz CT molecular complexity index is 653. The Kier molecular flexibility index (Phi) is 6.09. The number of benzene rings is 1. The molecule has 1 amide bonds. The maximum absolute atomic E-state index is 11.9. The molecule has 0 spiro atoms. The van der Waals surface area contributed by atoms with Gasteiger partial charge in [0.25, 0.3) is 5.91 Å². The third-order valence-electron chi connectivity index (χ3n) is 3.71. The summed E-state index contributed by atoms with van der Waals surface area (Å²) in [6.45, 7) is 6.94. The summed E-state index contributed by atoms with van der Waals surface area (Å²) < 4.78 is 0. The molecule has 5 heteroatoms. The van der Waals surface area contributed by atoms with Crippen molar-refractivity contribution in [2.24, 2.45) is 0 Å². The Hall–Kier alpha value is -2.43. The standard InChI is InChI=1S/C18H24N4O/c1-4-6-10-19-17(23)15-11-20-18(21-12-15)22-16-13(3)8-7-9-14(16)5-2/h7-9,11-12H,4-6,10H2,1-3H3,(H,19,23)(H,20,21,22). The molecule has 5 nitrogen and oxygen atoms in total. The van der Waals surface area contributed by atoms with E-state index in [0.717, 1.165) is 30.5 Å². The molecule has 0 aliphatic heterocycles. The van der Waals surface area contributed by atoms with Crippen molar-refractivity contribution in [2.45, 2.75) is 40.0 Å². The van der Waals surface area contributed by atoms with Crippen LogP contribution in [0.25, 0.3) is 0 Å². The van der Waals surface area contributed by atoms with Gasteiger partial charge in [-0.05, 0) is 30.9 Å². The van der Waals surface area contributed by atoms with Crippen LogP contribution in [0, 0.1) is 6.92 Å². The molecule has 2 N–H and O–H groups in total. The molecule has 1 heterocycles. The molecule has 0 atom stereocenters. The molecular weight excluding hydrogens is 288 g/mol. The molecule has 2 rings (SSSR count). The number of hydrogen-bond acceptors (Lipinski definition) is 4. The van der Waals surface area contributed by atoms with Gasteiger partial charge < -0.3 is 10.6 Å². The van der Waals surface area contributed by atoms with Crippen molar-refractivity contribution < 1.29 is 4.79 Å². The second-order valence-electron chi connectivity index (χ2n) is 5.49. The van der Waals surface area contributed by atoms with E-state index < -0.39 is 0 Å². The van der Waals surface area contributed by atoms with E-state index in [-0.39, 0.29) is 5.91 Å². The van der Waals surface area contributed by atoms with Crippen molar-refractivity contribution in [1.82, 2.24) is 15.3 Å². The Balaban J connectivity index is 2.07. The van der Waals surface area contributed by atoms with Gasteiger partial charge in [0.05, 0.1) is 5.56 Å². The number of aromatic nitrogens is 2. The van der Waals surface area contributed by atoms with E-state index in [4.69, 9.17) is 0 Å². The van der Waals surface area contributed by atoms with Crippen molar-refractivity contribution >= 4 is 17.5 Å². The van der Waals surface area contributed by atoms with Crippen LogP contribution < -0.4 is 10.6 Å². The summed E-state index contributed by atoms with van der Waals surface area (Å²) in [5, 5.41) is 6.11. The van der Waals surface area contributed by atoms with E-state index in [1.165, 1.54) is 5.56 Å². The molecule has 0 saturated heterocycles. The fourth-order valence-corrected chi connectivity index (χ4v) is 2.30. The van der Waals surface area contributed by atoms with Gasteiger partial charge in [-0.3, -0.25) is 4.79 Å². The van der Waals surface area contributed by atoms with Crippen LogP contribution in [0.2, 0.25) is 0 Å². The van der Waals surface area contributed by atoms with Crippen LogP contribution in [-0.2, 0) is 6.42 Å². The first-order chi connectivity index (χ1) is 11.2. The highest BCUT2D eigenvalue weighted by atomic mass is 16.1. The van der Waals surface area contributed by atoms with Crippen molar-refractivity contribution in [1.29, 1.82) is 0 Å². The highest BCUT2D eigenvalue weighted by molar-refractivity contribution is 5.93. The van der Waals surface area contributed by atoms with Gasteiger partial charge in [0.15, 0.2) is 0 Å². The van der Waals surface area contributed by atoms with Gasteiger partial charge in [0.2, 0.25) is 5.95 Å². The van der Waals surface area contributed by atoms with Gasteiger partial charge >= 0.3 is 0 Å². The second kappa shape index (κ2) is 8.27. The summed E-state index contributed by atoms with van der Waals surface area (Å²) in [4.78, 5) is 20.4. The molecule has 23 heavy (non-hydrogen) atoms. The normalized spacial score (nSPS) is 10.4. The minimum atomic E-state index is -0.130. The number of nitrogens with one attached hydrogen (secondary N) is 2. The van der Waals surface area contributed by atoms with Crippen LogP contribution in [0.3, 0.4) is 0 Å². The molecular formula is C18H24N4O. The summed E-state index contributed by atoms with van der Waals surface area (Å²) in [5.41, 5.74) is 3.88. The maximum Gasteiger partial charge on any atom is 0.254 e. The predicted octanol–water partition coefficient (Wildman–Crippen LogP) is 3.62. The van der Waals surface area contributed by atoms with E-state index in [1.54, 1.807) is 12.4 Å². The number of carbonyl (C=O) groups is 1. The topological polar surface area (TPSA) is 66.9 Å². The lowest BCUT2D eigenvalue weighted by Gasteiger charge is -2.12. The van der Waals surface area contributed by atoms with Crippen LogP contribution in [0.1, 0.15) is 48.2 Å². The number of nitrogens with zero attached hydrogens (tertiary/aromatic N) is 2. The Labute approximate surface area is 137 Å². The van der Waals surface area contributed by atoms with Gasteiger partial charge in [-0.1, -0.05) is 38.5 Å². The molecule has 122 valence electrons.